The molecule has 0 radical (unpaired) electrons. The second-order valence-electron chi connectivity index (χ2n) is 5.05. The number of aryl methyl sites for hydroxylation is 1. The molecule has 5 nitrogen and oxygen atoms in total. The summed E-state index contributed by atoms with van der Waals surface area (Å²) in [6.07, 6.45) is 1.53. The van der Waals surface area contributed by atoms with Gasteiger partial charge < -0.3 is 14.2 Å². The van der Waals surface area contributed by atoms with Gasteiger partial charge in [0, 0.05) is 38.5 Å². The molecule has 2 aromatic rings. The average Bonchev–Trinajstić information content (AvgIpc) is 2.50. The van der Waals surface area contributed by atoms with E-state index in [9.17, 15) is 18.4 Å². The van der Waals surface area contributed by atoms with Crippen LogP contribution in [0.1, 0.15) is 15.9 Å². The van der Waals surface area contributed by atoms with Crippen LogP contribution in [0.5, 0.6) is 5.75 Å². The molecule has 1 heterocycles. The van der Waals surface area contributed by atoms with Gasteiger partial charge in [-0.2, -0.15) is 8.78 Å². The summed E-state index contributed by atoms with van der Waals surface area (Å²) < 4.78 is 29.8. The van der Waals surface area contributed by atoms with Crippen LogP contribution in [-0.4, -0.2) is 29.0 Å². The Morgan fingerprint density at radius 3 is 2.48 bits per heavy atom. The van der Waals surface area contributed by atoms with Gasteiger partial charge in [-0.05, 0) is 23.8 Å². The van der Waals surface area contributed by atoms with Crippen LogP contribution < -0.4 is 10.3 Å². The number of rotatable bonds is 5. The predicted octanol–water partition coefficient (Wildman–Crippen LogP) is 2.26. The second-order valence-corrected chi connectivity index (χ2v) is 5.05. The van der Waals surface area contributed by atoms with Crippen LogP contribution in [-0.2, 0) is 13.6 Å². The molecule has 0 bridgehead atoms. The zero-order chi connectivity index (χ0) is 17.0. The highest BCUT2D eigenvalue weighted by Gasteiger charge is 2.13. The number of ether oxygens (including phenoxy) is 1. The third-order valence-electron chi connectivity index (χ3n) is 3.27. The Morgan fingerprint density at radius 2 is 1.91 bits per heavy atom. The molecular formula is C16H16F2N2O3. The van der Waals surface area contributed by atoms with Crippen molar-refractivity contribution in [1.82, 2.24) is 9.47 Å². The fraction of sp³-hybridized carbons (Fsp3) is 0.250. The maximum atomic E-state index is 12.3. The highest BCUT2D eigenvalue weighted by molar-refractivity contribution is 5.93. The third-order valence-corrected chi connectivity index (χ3v) is 3.27. The normalized spacial score (nSPS) is 10.7. The Kier molecular flexibility index (Phi) is 5.10. The summed E-state index contributed by atoms with van der Waals surface area (Å²) in [5, 5.41) is 0. The predicted molar refractivity (Wildman–Crippen MR) is 80.6 cm³/mol. The molecule has 2 rings (SSSR count). The summed E-state index contributed by atoms with van der Waals surface area (Å²) in [5.74, 6) is -0.236. The molecule has 7 heteroatoms. The molecule has 0 saturated carbocycles. The Hall–Kier alpha value is -2.70. The van der Waals surface area contributed by atoms with Crippen molar-refractivity contribution in [3.8, 4) is 5.75 Å². The second kappa shape index (κ2) is 7.04. The van der Waals surface area contributed by atoms with Gasteiger partial charge in [0.1, 0.15) is 5.75 Å². The molecule has 0 aliphatic rings. The Balaban J connectivity index is 2.05. The molecular weight excluding hydrogens is 306 g/mol. The number of amides is 1. The van der Waals surface area contributed by atoms with Crippen LogP contribution in [0.4, 0.5) is 8.78 Å². The number of carbonyl (C=O) groups excluding carboxylic acids is 1. The van der Waals surface area contributed by atoms with Crippen molar-refractivity contribution < 1.29 is 18.3 Å². The highest BCUT2D eigenvalue weighted by Crippen LogP contribution is 2.16. The first-order chi connectivity index (χ1) is 10.9. The van der Waals surface area contributed by atoms with Gasteiger partial charge in [0.25, 0.3) is 11.5 Å². The van der Waals surface area contributed by atoms with Crippen LogP contribution >= 0.6 is 0 Å². The monoisotopic (exact) mass is 322 g/mol. The van der Waals surface area contributed by atoms with E-state index in [4.69, 9.17) is 0 Å². The quantitative estimate of drug-likeness (QED) is 0.848. The first-order valence-corrected chi connectivity index (χ1v) is 6.82. The molecule has 0 N–H and O–H groups in total. The average molecular weight is 322 g/mol. The first kappa shape index (κ1) is 16.7. The third kappa shape index (κ3) is 4.38. The molecule has 0 unspecified atom stereocenters. The standard InChI is InChI=1S/C16H16F2N2O3/c1-19-8-7-12(9-14(19)21)15(22)20(2)10-11-3-5-13(6-4-11)23-16(17)18/h3-9,16H,10H2,1-2H3. The van der Waals surface area contributed by atoms with E-state index in [0.29, 0.717) is 5.56 Å². The summed E-state index contributed by atoms with van der Waals surface area (Å²) in [6, 6.07) is 8.88. The largest absolute Gasteiger partial charge is 0.435 e. The topological polar surface area (TPSA) is 51.5 Å². The van der Waals surface area contributed by atoms with Gasteiger partial charge >= 0.3 is 6.61 Å². The van der Waals surface area contributed by atoms with Crippen molar-refractivity contribution in [2.75, 3.05) is 7.05 Å². The van der Waals surface area contributed by atoms with Gasteiger partial charge in [-0.15, -0.1) is 0 Å². The molecule has 1 aromatic heterocycles. The van der Waals surface area contributed by atoms with Gasteiger partial charge in [-0.3, -0.25) is 9.59 Å². The smallest absolute Gasteiger partial charge is 0.387 e. The van der Waals surface area contributed by atoms with E-state index in [-0.39, 0.29) is 23.8 Å². The molecule has 0 spiro atoms. The summed E-state index contributed by atoms with van der Waals surface area (Å²) in [5.41, 5.74) is 0.789. The lowest BCUT2D eigenvalue weighted by molar-refractivity contribution is -0.0498. The maximum Gasteiger partial charge on any atom is 0.387 e. The minimum absolute atomic E-state index is 0.0595. The van der Waals surface area contributed by atoms with Crippen LogP contribution in [0.15, 0.2) is 47.4 Å². The lowest BCUT2D eigenvalue weighted by Gasteiger charge is -2.17. The van der Waals surface area contributed by atoms with Gasteiger partial charge in [0.2, 0.25) is 0 Å². The van der Waals surface area contributed by atoms with Crippen molar-refractivity contribution >= 4 is 5.91 Å². The summed E-state index contributed by atoms with van der Waals surface area (Å²) in [7, 11) is 3.20. The molecule has 0 saturated heterocycles. The fourth-order valence-electron chi connectivity index (χ4n) is 2.02. The molecule has 23 heavy (non-hydrogen) atoms. The molecule has 0 aliphatic carbocycles. The maximum absolute atomic E-state index is 12.3. The minimum Gasteiger partial charge on any atom is -0.435 e. The van der Waals surface area contributed by atoms with E-state index in [1.54, 1.807) is 32.3 Å². The van der Waals surface area contributed by atoms with E-state index in [1.807, 2.05) is 0 Å². The van der Waals surface area contributed by atoms with Crippen molar-refractivity contribution in [2.45, 2.75) is 13.2 Å². The zero-order valence-corrected chi connectivity index (χ0v) is 12.7. The number of pyridine rings is 1. The van der Waals surface area contributed by atoms with Gasteiger partial charge in [0.15, 0.2) is 0 Å². The van der Waals surface area contributed by atoms with Crippen molar-refractivity contribution in [3.63, 3.8) is 0 Å². The molecule has 1 aromatic carbocycles. The number of hydrogen-bond donors (Lipinski definition) is 0. The van der Waals surface area contributed by atoms with E-state index < -0.39 is 6.61 Å². The van der Waals surface area contributed by atoms with Crippen LogP contribution in [0.25, 0.3) is 0 Å². The summed E-state index contributed by atoms with van der Waals surface area (Å²) in [4.78, 5) is 25.3. The number of carbonyl (C=O) groups is 1. The van der Waals surface area contributed by atoms with E-state index in [0.717, 1.165) is 5.56 Å². The molecule has 0 fully saturated rings. The Morgan fingerprint density at radius 1 is 1.26 bits per heavy atom. The minimum atomic E-state index is -2.87. The Labute approximate surface area is 131 Å². The molecule has 122 valence electrons. The van der Waals surface area contributed by atoms with Crippen molar-refractivity contribution in [2.24, 2.45) is 7.05 Å². The highest BCUT2D eigenvalue weighted by atomic mass is 19.3. The molecule has 1 amide bonds. The number of alkyl halides is 2. The van der Waals surface area contributed by atoms with Crippen LogP contribution in [0, 0.1) is 0 Å². The number of benzene rings is 1. The zero-order valence-electron chi connectivity index (χ0n) is 12.7. The van der Waals surface area contributed by atoms with Gasteiger partial charge in [0.05, 0.1) is 0 Å². The molecule has 0 atom stereocenters. The molecule has 0 aliphatic heterocycles. The number of nitrogens with zero attached hydrogens (tertiary/aromatic N) is 2. The Bertz CT molecular complexity index is 742. The number of halogens is 2. The van der Waals surface area contributed by atoms with Crippen molar-refractivity contribution in [1.29, 1.82) is 0 Å². The van der Waals surface area contributed by atoms with Gasteiger partial charge in [-0.1, -0.05) is 12.1 Å². The van der Waals surface area contributed by atoms with Crippen LogP contribution in [0.2, 0.25) is 0 Å². The SMILES string of the molecule is CN(Cc1ccc(OC(F)F)cc1)C(=O)c1ccn(C)c(=O)c1. The lowest BCUT2D eigenvalue weighted by Crippen LogP contribution is -2.28. The number of aromatic nitrogens is 1. The van der Waals surface area contributed by atoms with Gasteiger partial charge in [-0.25, -0.2) is 0 Å². The fourth-order valence-corrected chi connectivity index (χ4v) is 2.02. The lowest BCUT2D eigenvalue weighted by atomic mass is 10.2. The summed E-state index contributed by atoms with van der Waals surface area (Å²) >= 11 is 0. The summed E-state index contributed by atoms with van der Waals surface area (Å²) in [6.45, 7) is -2.59. The van der Waals surface area contributed by atoms with Crippen molar-refractivity contribution in [3.05, 3.63) is 64.1 Å². The van der Waals surface area contributed by atoms with E-state index in [1.165, 1.54) is 33.9 Å². The van der Waals surface area contributed by atoms with E-state index in [2.05, 4.69) is 4.74 Å². The number of hydrogen-bond acceptors (Lipinski definition) is 3. The van der Waals surface area contributed by atoms with Crippen LogP contribution in [0.3, 0.4) is 0 Å². The van der Waals surface area contributed by atoms with E-state index >= 15 is 0 Å². The first-order valence-electron chi connectivity index (χ1n) is 6.82.